The van der Waals surface area contributed by atoms with Crippen LogP contribution in [0.4, 0.5) is 5.69 Å². The topological polar surface area (TPSA) is 68.4 Å². The van der Waals surface area contributed by atoms with E-state index in [4.69, 9.17) is 5.11 Å². The summed E-state index contributed by atoms with van der Waals surface area (Å²) in [7, 11) is 3.45. The van der Waals surface area contributed by atoms with Crippen LogP contribution in [0.1, 0.15) is 21.7 Å². The first-order chi connectivity index (χ1) is 9.60. The molecule has 0 saturated heterocycles. The third-order valence-corrected chi connectivity index (χ3v) is 2.98. The van der Waals surface area contributed by atoms with E-state index in [9.17, 15) is 4.79 Å². The van der Waals surface area contributed by atoms with Crippen molar-refractivity contribution in [3.05, 3.63) is 53.3 Å². The van der Waals surface area contributed by atoms with Gasteiger partial charge in [-0.15, -0.1) is 0 Å². The summed E-state index contributed by atoms with van der Waals surface area (Å²) >= 11 is 0. The van der Waals surface area contributed by atoms with Gasteiger partial charge in [-0.3, -0.25) is 4.79 Å². The van der Waals surface area contributed by atoms with E-state index >= 15 is 0 Å². The average molecular weight is 273 g/mol. The van der Waals surface area contributed by atoms with E-state index < -0.39 is 0 Å². The number of benzene rings is 1. The summed E-state index contributed by atoms with van der Waals surface area (Å²) in [4.78, 5) is 16.4. The Morgan fingerprint density at radius 2 is 2.10 bits per heavy atom. The minimum atomic E-state index is -0.0430. The minimum absolute atomic E-state index is 0.0273. The Hall–Kier alpha value is -2.27. The lowest BCUT2D eigenvalue weighted by Crippen LogP contribution is -2.22. The fourth-order valence-corrected chi connectivity index (χ4v) is 1.89. The van der Waals surface area contributed by atoms with Crippen molar-refractivity contribution in [3.63, 3.8) is 0 Å². The molecule has 20 heavy (non-hydrogen) atoms. The van der Waals surface area contributed by atoms with Crippen molar-refractivity contribution in [2.75, 3.05) is 19.4 Å². The zero-order valence-corrected chi connectivity index (χ0v) is 11.7. The number of rotatable bonds is 5. The van der Waals surface area contributed by atoms with Crippen LogP contribution in [0.25, 0.3) is 0 Å². The number of nitrogens with zero attached hydrogens (tertiary/aromatic N) is 1. The number of H-pyrrole nitrogens is 1. The Labute approximate surface area is 118 Å². The monoisotopic (exact) mass is 273 g/mol. The van der Waals surface area contributed by atoms with E-state index in [1.807, 2.05) is 30.3 Å². The highest BCUT2D eigenvalue weighted by molar-refractivity contribution is 5.92. The number of carbonyl (C=O) groups is 1. The molecule has 0 aliphatic rings. The van der Waals surface area contributed by atoms with Crippen LogP contribution < -0.4 is 5.32 Å². The largest absolute Gasteiger partial charge is 0.392 e. The van der Waals surface area contributed by atoms with Crippen molar-refractivity contribution in [2.24, 2.45) is 0 Å². The summed E-state index contributed by atoms with van der Waals surface area (Å²) < 4.78 is 0. The number of amides is 1. The zero-order chi connectivity index (χ0) is 14.5. The molecule has 2 rings (SSSR count). The fraction of sp³-hybridized carbons (Fsp3) is 0.267. The van der Waals surface area contributed by atoms with Crippen LogP contribution >= 0.6 is 0 Å². The second-order valence-corrected chi connectivity index (χ2v) is 4.81. The summed E-state index contributed by atoms with van der Waals surface area (Å²) in [5.41, 5.74) is 3.32. The number of anilines is 1. The van der Waals surface area contributed by atoms with Gasteiger partial charge in [-0.25, -0.2) is 0 Å². The lowest BCUT2D eigenvalue weighted by atomic mass is 10.2. The molecule has 0 saturated carbocycles. The van der Waals surface area contributed by atoms with E-state index in [0.717, 1.165) is 16.9 Å². The molecule has 0 atom stereocenters. The summed E-state index contributed by atoms with van der Waals surface area (Å²) in [6.07, 6.45) is 0. The number of carbonyl (C=O) groups excluding carboxylic acids is 1. The summed E-state index contributed by atoms with van der Waals surface area (Å²) in [5, 5.41) is 12.3. The molecule has 0 fully saturated rings. The number of nitrogens with one attached hydrogen (secondary N) is 2. The standard InChI is InChI=1S/C15H19N3O2/c1-18(2)15(20)14-7-6-13(17-14)9-16-12-5-3-4-11(8-12)10-19/h3-8,16-17,19H,9-10H2,1-2H3. The number of aromatic amines is 1. The Kier molecular flexibility index (Phi) is 4.42. The molecule has 1 heterocycles. The van der Waals surface area contributed by atoms with E-state index in [1.165, 1.54) is 4.90 Å². The van der Waals surface area contributed by atoms with Crippen LogP contribution in [0.5, 0.6) is 0 Å². The van der Waals surface area contributed by atoms with Gasteiger partial charge in [0.2, 0.25) is 0 Å². The van der Waals surface area contributed by atoms with Gasteiger partial charge in [-0.05, 0) is 29.8 Å². The van der Waals surface area contributed by atoms with Gasteiger partial charge < -0.3 is 20.3 Å². The average Bonchev–Trinajstić information content (AvgIpc) is 2.93. The second-order valence-electron chi connectivity index (χ2n) is 4.81. The Balaban J connectivity index is 1.99. The number of hydrogen-bond acceptors (Lipinski definition) is 3. The van der Waals surface area contributed by atoms with Gasteiger partial charge in [0.05, 0.1) is 13.2 Å². The number of aromatic nitrogens is 1. The zero-order valence-electron chi connectivity index (χ0n) is 11.7. The van der Waals surface area contributed by atoms with Crippen LogP contribution in [0.3, 0.4) is 0 Å². The van der Waals surface area contributed by atoms with Crippen molar-refractivity contribution in [2.45, 2.75) is 13.2 Å². The summed E-state index contributed by atoms with van der Waals surface area (Å²) in [6, 6.07) is 11.3. The van der Waals surface area contributed by atoms with E-state index in [0.29, 0.717) is 12.2 Å². The molecule has 0 aliphatic carbocycles. The molecule has 5 heteroatoms. The predicted molar refractivity (Wildman–Crippen MR) is 78.5 cm³/mol. The molecule has 3 N–H and O–H groups in total. The molecule has 1 amide bonds. The number of hydrogen-bond donors (Lipinski definition) is 3. The van der Waals surface area contributed by atoms with Gasteiger partial charge in [0.25, 0.3) is 5.91 Å². The molecule has 1 aromatic carbocycles. The summed E-state index contributed by atoms with van der Waals surface area (Å²) in [5.74, 6) is -0.0430. The van der Waals surface area contributed by atoms with Crippen LogP contribution in [0.2, 0.25) is 0 Å². The number of aliphatic hydroxyl groups is 1. The molecule has 0 bridgehead atoms. The second kappa shape index (κ2) is 6.25. The molecule has 106 valence electrons. The van der Waals surface area contributed by atoms with E-state index in [2.05, 4.69) is 10.3 Å². The maximum absolute atomic E-state index is 11.8. The van der Waals surface area contributed by atoms with Gasteiger partial charge in [0.15, 0.2) is 0 Å². The highest BCUT2D eigenvalue weighted by Crippen LogP contribution is 2.12. The van der Waals surface area contributed by atoms with Gasteiger partial charge in [-0.2, -0.15) is 0 Å². The van der Waals surface area contributed by atoms with Crippen LogP contribution in [-0.4, -0.2) is 35.0 Å². The highest BCUT2D eigenvalue weighted by Gasteiger charge is 2.09. The quantitative estimate of drug-likeness (QED) is 0.778. The third kappa shape index (κ3) is 3.39. The predicted octanol–water partition coefficient (Wildman–Crippen LogP) is 1.82. The van der Waals surface area contributed by atoms with Crippen molar-refractivity contribution >= 4 is 11.6 Å². The molecule has 0 aliphatic heterocycles. The normalized spacial score (nSPS) is 10.3. The first-order valence-electron chi connectivity index (χ1n) is 6.43. The first-order valence-corrected chi connectivity index (χ1v) is 6.43. The molecule has 1 aromatic heterocycles. The number of aliphatic hydroxyl groups excluding tert-OH is 1. The Morgan fingerprint density at radius 3 is 2.80 bits per heavy atom. The van der Waals surface area contributed by atoms with E-state index in [1.54, 1.807) is 20.2 Å². The molecule has 0 unspecified atom stereocenters. The van der Waals surface area contributed by atoms with Gasteiger partial charge in [0, 0.05) is 25.5 Å². The third-order valence-electron chi connectivity index (χ3n) is 2.98. The van der Waals surface area contributed by atoms with Crippen LogP contribution in [0.15, 0.2) is 36.4 Å². The van der Waals surface area contributed by atoms with Gasteiger partial charge >= 0.3 is 0 Å². The summed E-state index contributed by atoms with van der Waals surface area (Å²) in [6.45, 7) is 0.620. The van der Waals surface area contributed by atoms with Crippen molar-refractivity contribution in [1.29, 1.82) is 0 Å². The van der Waals surface area contributed by atoms with Crippen molar-refractivity contribution in [3.8, 4) is 0 Å². The van der Waals surface area contributed by atoms with Crippen LogP contribution in [-0.2, 0) is 13.2 Å². The molecular weight excluding hydrogens is 254 g/mol. The van der Waals surface area contributed by atoms with Gasteiger partial charge in [0.1, 0.15) is 5.69 Å². The molecule has 0 spiro atoms. The minimum Gasteiger partial charge on any atom is -0.392 e. The van der Waals surface area contributed by atoms with Crippen molar-refractivity contribution in [1.82, 2.24) is 9.88 Å². The lowest BCUT2D eigenvalue weighted by Gasteiger charge is -2.08. The Morgan fingerprint density at radius 1 is 1.30 bits per heavy atom. The molecule has 0 radical (unpaired) electrons. The fourth-order valence-electron chi connectivity index (χ4n) is 1.89. The van der Waals surface area contributed by atoms with Crippen LogP contribution in [0, 0.1) is 0 Å². The smallest absolute Gasteiger partial charge is 0.269 e. The maximum Gasteiger partial charge on any atom is 0.269 e. The van der Waals surface area contributed by atoms with Gasteiger partial charge in [-0.1, -0.05) is 12.1 Å². The van der Waals surface area contributed by atoms with E-state index in [-0.39, 0.29) is 12.5 Å². The molecule has 5 nitrogen and oxygen atoms in total. The SMILES string of the molecule is CN(C)C(=O)c1ccc(CNc2cccc(CO)c2)[nH]1. The Bertz CT molecular complexity index is 590. The maximum atomic E-state index is 11.8. The first kappa shape index (κ1) is 14.1. The molecular formula is C15H19N3O2. The molecule has 2 aromatic rings. The highest BCUT2D eigenvalue weighted by atomic mass is 16.3. The van der Waals surface area contributed by atoms with Crippen molar-refractivity contribution < 1.29 is 9.90 Å². The lowest BCUT2D eigenvalue weighted by molar-refractivity contribution is 0.0822.